The molecule has 2 aliphatic rings. The maximum absolute atomic E-state index is 12.3. The number of hydrogen-bond acceptors (Lipinski definition) is 7. The fourth-order valence-corrected chi connectivity index (χ4v) is 4.39. The van der Waals surface area contributed by atoms with E-state index in [1.54, 1.807) is 17.9 Å². The second kappa shape index (κ2) is 9.78. The molecule has 0 radical (unpaired) electrons. The molecule has 29 heavy (non-hydrogen) atoms. The minimum atomic E-state index is -0.591. The van der Waals surface area contributed by atoms with Gasteiger partial charge in [0.1, 0.15) is 0 Å². The second-order valence-corrected chi connectivity index (χ2v) is 8.11. The smallest absolute Gasteiger partial charge is 0.309 e. The third-order valence-corrected chi connectivity index (χ3v) is 6.16. The van der Waals surface area contributed by atoms with Gasteiger partial charge in [0.15, 0.2) is 6.61 Å². The van der Waals surface area contributed by atoms with E-state index in [4.69, 9.17) is 9.47 Å². The van der Waals surface area contributed by atoms with Crippen molar-refractivity contribution >= 4 is 41.2 Å². The van der Waals surface area contributed by atoms with Crippen molar-refractivity contribution in [3.05, 3.63) is 24.3 Å². The van der Waals surface area contributed by atoms with Crippen molar-refractivity contribution in [2.45, 2.75) is 36.3 Å². The maximum atomic E-state index is 12.3. The van der Waals surface area contributed by atoms with Gasteiger partial charge in [0.2, 0.25) is 5.91 Å². The second-order valence-electron chi connectivity index (χ2n) is 6.86. The molecule has 1 fully saturated rings. The Labute approximate surface area is 173 Å². The number of likely N-dealkylation sites (tertiary alicyclic amines) is 1. The van der Waals surface area contributed by atoms with Crippen molar-refractivity contribution in [3.8, 4) is 0 Å². The van der Waals surface area contributed by atoms with Gasteiger partial charge in [-0.3, -0.25) is 19.2 Å². The fraction of sp³-hybridized carbons (Fsp3) is 0.500. The van der Waals surface area contributed by atoms with E-state index >= 15 is 0 Å². The minimum absolute atomic E-state index is 0.108. The van der Waals surface area contributed by atoms with Crippen LogP contribution in [0, 0.1) is 5.92 Å². The van der Waals surface area contributed by atoms with E-state index in [-0.39, 0.29) is 36.7 Å². The molecule has 0 saturated carbocycles. The summed E-state index contributed by atoms with van der Waals surface area (Å²) in [6.07, 6.45) is 0.969. The zero-order valence-electron chi connectivity index (χ0n) is 16.2. The molecule has 1 N–H and O–H groups in total. The van der Waals surface area contributed by atoms with E-state index in [1.807, 2.05) is 18.2 Å². The monoisotopic (exact) mass is 420 g/mol. The molecule has 0 spiro atoms. The summed E-state index contributed by atoms with van der Waals surface area (Å²) in [5, 5.41) is 2.18. The minimum Gasteiger partial charge on any atom is -0.466 e. The third kappa shape index (κ3) is 5.50. The summed E-state index contributed by atoms with van der Waals surface area (Å²) in [6.45, 7) is 2.60. The zero-order chi connectivity index (χ0) is 20.8. The number of amides is 2. The standard InChI is InChI=1S/C20H24N2O6S/c1-2-27-20(26)13-7-9-22(10-8-13)17(23)12-28-18(24)11-16-19(25)21-14-5-3-4-6-15(14)29-16/h3-6,13,16H,2,7-12H2,1H3,(H,21,25)/t16-/m0/s1. The van der Waals surface area contributed by atoms with E-state index < -0.39 is 11.2 Å². The highest BCUT2D eigenvalue weighted by Crippen LogP contribution is 2.36. The van der Waals surface area contributed by atoms with Gasteiger partial charge in [-0.2, -0.15) is 0 Å². The molecule has 0 bridgehead atoms. The molecule has 2 amide bonds. The van der Waals surface area contributed by atoms with Crippen LogP contribution in [-0.2, 0) is 28.7 Å². The summed E-state index contributed by atoms with van der Waals surface area (Å²) in [7, 11) is 0. The average molecular weight is 420 g/mol. The fourth-order valence-electron chi connectivity index (χ4n) is 3.30. The van der Waals surface area contributed by atoms with Crippen LogP contribution < -0.4 is 5.32 Å². The van der Waals surface area contributed by atoms with E-state index in [0.717, 1.165) is 10.6 Å². The first-order valence-electron chi connectivity index (χ1n) is 9.64. The molecule has 156 valence electrons. The van der Waals surface area contributed by atoms with Crippen LogP contribution in [0.2, 0.25) is 0 Å². The third-order valence-electron chi connectivity index (χ3n) is 4.88. The Balaban J connectivity index is 1.41. The van der Waals surface area contributed by atoms with E-state index in [9.17, 15) is 19.2 Å². The van der Waals surface area contributed by atoms with Crippen LogP contribution in [-0.4, -0.2) is 60.2 Å². The van der Waals surface area contributed by atoms with Crippen molar-refractivity contribution in [3.63, 3.8) is 0 Å². The number of thioether (sulfide) groups is 1. The molecule has 1 saturated heterocycles. The molecule has 8 nitrogen and oxygen atoms in total. The summed E-state index contributed by atoms with van der Waals surface area (Å²) < 4.78 is 10.1. The number of para-hydroxylation sites is 1. The highest BCUT2D eigenvalue weighted by Gasteiger charge is 2.31. The molecule has 0 unspecified atom stereocenters. The summed E-state index contributed by atoms with van der Waals surface area (Å²) in [5.74, 6) is -1.56. The number of fused-ring (bicyclic) bond motifs is 1. The SMILES string of the molecule is CCOC(=O)C1CCN(C(=O)COC(=O)C[C@@H]2Sc3ccccc3NC2=O)CC1. The van der Waals surface area contributed by atoms with E-state index in [1.165, 1.54) is 11.8 Å². The number of carbonyl (C=O) groups is 4. The van der Waals surface area contributed by atoms with Crippen molar-refractivity contribution in [1.82, 2.24) is 4.90 Å². The lowest BCUT2D eigenvalue weighted by Gasteiger charge is -2.30. The topological polar surface area (TPSA) is 102 Å². The van der Waals surface area contributed by atoms with Gasteiger partial charge < -0.3 is 19.7 Å². The van der Waals surface area contributed by atoms with E-state index in [0.29, 0.717) is 32.5 Å². The lowest BCUT2D eigenvalue weighted by Crippen LogP contribution is -2.42. The van der Waals surface area contributed by atoms with E-state index in [2.05, 4.69) is 5.32 Å². The van der Waals surface area contributed by atoms with Crippen LogP contribution in [0.15, 0.2) is 29.2 Å². The first kappa shape index (κ1) is 21.2. The molecule has 0 aliphatic carbocycles. The van der Waals surface area contributed by atoms with Crippen LogP contribution in [0.5, 0.6) is 0 Å². The number of rotatable bonds is 6. The normalized spacial score (nSPS) is 19.1. The Hall–Kier alpha value is -2.55. The largest absolute Gasteiger partial charge is 0.466 e. The van der Waals surface area contributed by atoms with Crippen molar-refractivity contribution in [2.24, 2.45) is 5.92 Å². The van der Waals surface area contributed by atoms with Gasteiger partial charge in [0.05, 0.1) is 29.9 Å². The van der Waals surface area contributed by atoms with Crippen LogP contribution >= 0.6 is 11.8 Å². The number of nitrogens with zero attached hydrogens (tertiary/aromatic N) is 1. The lowest BCUT2D eigenvalue weighted by atomic mass is 9.97. The summed E-state index contributed by atoms with van der Waals surface area (Å²) in [5.41, 5.74) is 0.730. The summed E-state index contributed by atoms with van der Waals surface area (Å²) in [6, 6.07) is 7.37. The van der Waals surface area contributed by atoms with Gasteiger partial charge in [-0.05, 0) is 31.9 Å². The Morgan fingerprint density at radius 1 is 1.17 bits per heavy atom. The van der Waals surface area contributed by atoms with Crippen molar-refractivity contribution in [1.29, 1.82) is 0 Å². The number of piperidine rings is 1. The number of benzene rings is 1. The molecule has 2 aliphatic heterocycles. The Kier molecular flexibility index (Phi) is 7.13. The molecule has 1 aromatic carbocycles. The van der Waals surface area contributed by atoms with Crippen LogP contribution in [0.3, 0.4) is 0 Å². The van der Waals surface area contributed by atoms with Gasteiger partial charge in [0.25, 0.3) is 5.91 Å². The van der Waals surface area contributed by atoms with Crippen LogP contribution in [0.25, 0.3) is 0 Å². The number of esters is 2. The highest BCUT2D eigenvalue weighted by atomic mass is 32.2. The van der Waals surface area contributed by atoms with Crippen molar-refractivity contribution < 1.29 is 28.7 Å². The number of hydrogen-bond donors (Lipinski definition) is 1. The Morgan fingerprint density at radius 3 is 2.62 bits per heavy atom. The van der Waals surface area contributed by atoms with Gasteiger partial charge in [-0.1, -0.05) is 12.1 Å². The summed E-state index contributed by atoms with van der Waals surface area (Å²) in [4.78, 5) is 50.8. The van der Waals surface area contributed by atoms with Gasteiger partial charge in [-0.25, -0.2) is 0 Å². The molecule has 1 aromatic rings. The molecule has 3 rings (SSSR count). The quantitative estimate of drug-likeness (QED) is 0.701. The first-order valence-corrected chi connectivity index (χ1v) is 10.5. The van der Waals surface area contributed by atoms with Crippen LogP contribution in [0.1, 0.15) is 26.2 Å². The predicted octanol–water partition coefficient (Wildman–Crippen LogP) is 1.83. The van der Waals surface area contributed by atoms with Gasteiger partial charge in [-0.15, -0.1) is 11.8 Å². The number of anilines is 1. The summed E-state index contributed by atoms with van der Waals surface area (Å²) >= 11 is 1.31. The van der Waals surface area contributed by atoms with Gasteiger partial charge in [0, 0.05) is 18.0 Å². The highest BCUT2D eigenvalue weighted by molar-refractivity contribution is 8.01. The molecule has 1 atom stereocenters. The maximum Gasteiger partial charge on any atom is 0.309 e. The molecular formula is C20H24N2O6S. The molecular weight excluding hydrogens is 396 g/mol. The predicted molar refractivity (Wildman–Crippen MR) is 106 cm³/mol. The molecule has 0 aromatic heterocycles. The van der Waals surface area contributed by atoms with Crippen molar-refractivity contribution in [2.75, 3.05) is 31.6 Å². The molecule has 9 heteroatoms. The Morgan fingerprint density at radius 2 is 1.90 bits per heavy atom. The number of carbonyl (C=O) groups excluding carboxylic acids is 4. The zero-order valence-corrected chi connectivity index (χ0v) is 17.0. The average Bonchev–Trinajstić information content (AvgIpc) is 2.73. The van der Waals surface area contributed by atoms with Crippen LogP contribution in [0.4, 0.5) is 5.69 Å². The lowest BCUT2D eigenvalue weighted by molar-refractivity contribution is -0.155. The Bertz CT molecular complexity index is 791. The molecule has 2 heterocycles. The number of ether oxygens (including phenoxy) is 2. The first-order chi connectivity index (χ1) is 14.0. The van der Waals surface area contributed by atoms with Gasteiger partial charge >= 0.3 is 11.9 Å². The number of nitrogens with one attached hydrogen (secondary N) is 1.